The van der Waals surface area contributed by atoms with Crippen molar-refractivity contribution in [2.24, 2.45) is 13.0 Å². The Morgan fingerprint density at radius 2 is 2.04 bits per heavy atom. The maximum Gasteiger partial charge on any atom is 0.573 e. The number of amides is 2. The Balaban J connectivity index is 1.46. The van der Waals surface area contributed by atoms with Crippen molar-refractivity contribution in [3.05, 3.63) is 36.2 Å². The van der Waals surface area contributed by atoms with Gasteiger partial charge >= 0.3 is 12.4 Å². The van der Waals surface area contributed by atoms with Crippen molar-refractivity contribution in [3.63, 3.8) is 0 Å². The molecule has 0 bridgehead atoms. The van der Waals surface area contributed by atoms with Gasteiger partial charge in [0, 0.05) is 38.6 Å². The van der Waals surface area contributed by atoms with E-state index in [1.807, 2.05) is 6.92 Å². The molecular weight excluding hydrogens is 375 g/mol. The molecule has 3 rings (SSSR count). The van der Waals surface area contributed by atoms with Crippen molar-refractivity contribution in [1.29, 1.82) is 0 Å². The van der Waals surface area contributed by atoms with Crippen LogP contribution in [0.3, 0.4) is 0 Å². The normalized spacial score (nSPS) is 16.9. The molecule has 7 nitrogen and oxygen atoms in total. The molecule has 2 N–H and O–H groups in total. The zero-order valence-corrected chi connectivity index (χ0v) is 15.6. The number of anilines is 2. The number of carbonyl (C=O) groups is 1. The molecule has 1 atom stereocenters. The quantitative estimate of drug-likeness (QED) is 0.812. The average molecular weight is 397 g/mol. The molecule has 1 aromatic carbocycles. The zero-order valence-electron chi connectivity index (χ0n) is 15.6. The minimum Gasteiger partial charge on any atom is -0.406 e. The third kappa shape index (κ3) is 5.30. The lowest BCUT2D eigenvalue weighted by atomic mass is 10.1. The fourth-order valence-electron chi connectivity index (χ4n) is 3.22. The second-order valence-electron chi connectivity index (χ2n) is 6.78. The minimum absolute atomic E-state index is 0.240. The topological polar surface area (TPSA) is 71.4 Å². The Hall–Kier alpha value is -2.91. The summed E-state index contributed by atoms with van der Waals surface area (Å²) in [5, 5.41) is 9.79. The maximum absolute atomic E-state index is 12.2. The van der Waals surface area contributed by atoms with E-state index in [1.54, 1.807) is 30.1 Å². The minimum atomic E-state index is -4.69. The van der Waals surface area contributed by atoms with E-state index in [0.717, 1.165) is 24.3 Å². The van der Waals surface area contributed by atoms with Crippen LogP contribution in [0.1, 0.15) is 12.1 Å². The first-order valence-electron chi connectivity index (χ1n) is 8.85. The van der Waals surface area contributed by atoms with E-state index in [4.69, 9.17) is 0 Å². The third-order valence-electron chi connectivity index (χ3n) is 4.53. The number of rotatable bonds is 5. The summed E-state index contributed by atoms with van der Waals surface area (Å²) in [5.74, 6) is 0.0166. The van der Waals surface area contributed by atoms with E-state index in [9.17, 15) is 18.0 Å². The molecule has 2 heterocycles. The van der Waals surface area contributed by atoms with Gasteiger partial charge in [0.25, 0.3) is 0 Å². The molecule has 0 unspecified atom stereocenters. The Labute approximate surface area is 160 Å². The molecule has 2 aromatic rings. The largest absolute Gasteiger partial charge is 0.573 e. The summed E-state index contributed by atoms with van der Waals surface area (Å²) in [7, 11) is 1.78. The number of ether oxygens (including phenoxy) is 1. The Kier molecular flexibility index (Phi) is 5.66. The second-order valence-corrected chi connectivity index (χ2v) is 6.78. The number of urea groups is 1. The maximum atomic E-state index is 12.2. The van der Waals surface area contributed by atoms with E-state index in [-0.39, 0.29) is 17.7 Å². The summed E-state index contributed by atoms with van der Waals surface area (Å²) in [6.07, 6.45) is -2.08. The number of hydrogen-bond donors (Lipinski definition) is 2. The highest BCUT2D eigenvalue weighted by Gasteiger charge is 2.31. The number of hydrogen-bond acceptors (Lipinski definition) is 4. The molecule has 0 radical (unpaired) electrons. The van der Waals surface area contributed by atoms with E-state index in [2.05, 4.69) is 25.4 Å². The number of nitrogens with one attached hydrogen (secondary N) is 2. The Morgan fingerprint density at radius 1 is 1.32 bits per heavy atom. The summed E-state index contributed by atoms with van der Waals surface area (Å²) in [6, 6.07) is 5.53. The highest BCUT2D eigenvalue weighted by molar-refractivity contribution is 5.89. The molecule has 1 aliphatic heterocycles. The van der Waals surface area contributed by atoms with Gasteiger partial charge < -0.3 is 20.3 Å². The van der Waals surface area contributed by atoms with Crippen LogP contribution in [0.25, 0.3) is 0 Å². The molecule has 28 heavy (non-hydrogen) atoms. The van der Waals surface area contributed by atoms with Crippen LogP contribution in [-0.2, 0) is 7.05 Å². The average Bonchev–Trinajstić information content (AvgIpc) is 3.19. The molecule has 10 heteroatoms. The van der Waals surface area contributed by atoms with Gasteiger partial charge in [-0.1, -0.05) is 0 Å². The van der Waals surface area contributed by atoms with Crippen LogP contribution >= 0.6 is 0 Å². The molecule has 1 aliphatic rings. The lowest BCUT2D eigenvalue weighted by Crippen LogP contribution is -2.34. The number of carbonyl (C=O) groups excluding carboxylic acids is 1. The molecule has 1 fully saturated rings. The van der Waals surface area contributed by atoms with Gasteiger partial charge in [-0.25, -0.2) is 4.79 Å². The number of nitrogens with zero attached hydrogens (tertiary/aromatic N) is 3. The standard InChI is InChI=1S/C18H22F3N5O2/c1-12-16(11-25(2)24-12)23-17(27)22-9-13-7-8-26(10-13)14-3-5-15(6-4-14)28-18(19,20)21/h3-6,11,13H,7-10H2,1-2H3,(H2,22,23,27)/t13-/m0/s1. The summed E-state index contributed by atoms with van der Waals surface area (Å²) in [5.41, 5.74) is 2.23. The van der Waals surface area contributed by atoms with Crippen molar-refractivity contribution in [1.82, 2.24) is 15.1 Å². The van der Waals surface area contributed by atoms with Crippen LogP contribution in [0, 0.1) is 12.8 Å². The number of halogens is 3. The van der Waals surface area contributed by atoms with E-state index in [0.29, 0.717) is 18.8 Å². The van der Waals surface area contributed by atoms with Crippen molar-refractivity contribution >= 4 is 17.4 Å². The van der Waals surface area contributed by atoms with Gasteiger partial charge in [0.15, 0.2) is 0 Å². The SMILES string of the molecule is Cc1nn(C)cc1NC(=O)NC[C@@H]1CCN(c2ccc(OC(F)(F)F)cc2)C1. The van der Waals surface area contributed by atoms with Gasteiger partial charge in [0.05, 0.1) is 11.4 Å². The van der Waals surface area contributed by atoms with Crippen LogP contribution in [0.5, 0.6) is 5.75 Å². The van der Waals surface area contributed by atoms with Crippen LogP contribution in [0.15, 0.2) is 30.5 Å². The molecule has 0 saturated carbocycles. The molecule has 1 saturated heterocycles. The van der Waals surface area contributed by atoms with E-state index < -0.39 is 6.36 Å². The predicted molar refractivity (Wildman–Crippen MR) is 98.4 cm³/mol. The Morgan fingerprint density at radius 3 is 2.64 bits per heavy atom. The van der Waals surface area contributed by atoms with Crippen molar-refractivity contribution in [2.45, 2.75) is 19.7 Å². The lowest BCUT2D eigenvalue weighted by Gasteiger charge is -2.19. The van der Waals surface area contributed by atoms with Gasteiger partial charge in [-0.2, -0.15) is 5.10 Å². The fraction of sp³-hybridized carbons (Fsp3) is 0.444. The predicted octanol–water partition coefficient (Wildman–Crippen LogP) is 3.28. The third-order valence-corrected chi connectivity index (χ3v) is 4.53. The molecule has 0 aliphatic carbocycles. The first-order valence-corrected chi connectivity index (χ1v) is 8.85. The highest BCUT2D eigenvalue weighted by atomic mass is 19.4. The Bertz CT molecular complexity index is 820. The van der Waals surface area contributed by atoms with Gasteiger partial charge in [-0.15, -0.1) is 13.2 Å². The summed E-state index contributed by atoms with van der Waals surface area (Å²) in [6.45, 7) is 3.81. The van der Waals surface area contributed by atoms with Gasteiger partial charge in [0.2, 0.25) is 0 Å². The van der Waals surface area contributed by atoms with Gasteiger partial charge in [-0.05, 0) is 43.5 Å². The molecule has 1 aromatic heterocycles. The number of aryl methyl sites for hydroxylation is 2. The monoisotopic (exact) mass is 397 g/mol. The van der Waals surface area contributed by atoms with Crippen LogP contribution < -0.4 is 20.3 Å². The highest BCUT2D eigenvalue weighted by Crippen LogP contribution is 2.28. The van der Waals surface area contributed by atoms with Crippen molar-refractivity contribution in [2.75, 3.05) is 29.9 Å². The van der Waals surface area contributed by atoms with Gasteiger partial charge in [0.1, 0.15) is 5.75 Å². The molecule has 152 valence electrons. The number of alkyl halides is 3. The van der Waals surface area contributed by atoms with E-state index in [1.165, 1.54) is 12.1 Å². The zero-order chi connectivity index (χ0) is 20.3. The lowest BCUT2D eigenvalue weighted by molar-refractivity contribution is -0.274. The fourth-order valence-corrected chi connectivity index (χ4v) is 3.22. The van der Waals surface area contributed by atoms with Crippen LogP contribution in [0.4, 0.5) is 29.3 Å². The first-order chi connectivity index (χ1) is 13.2. The molecule has 2 amide bonds. The van der Waals surface area contributed by atoms with Crippen LogP contribution in [0.2, 0.25) is 0 Å². The smallest absolute Gasteiger partial charge is 0.406 e. The molecular formula is C18H22F3N5O2. The van der Waals surface area contributed by atoms with Crippen molar-refractivity contribution < 1.29 is 22.7 Å². The van der Waals surface area contributed by atoms with Crippen LogP contribution in [-0.4, -0.2) is 41.8 Å². The summed E-state index contributed by atoms with van der Waals surface area (Å²) < 4.78 is 42.2. The molecule has 0 spiro atoms. The van der Waals surface area contributed by atoms with E-state index >= 15 is 0 Å². The number of benzene rings is 1. The first kappa shape index (κ1) is 19.8. The second kappa shape index (κ2) is 7.99. The van der Waals surface area contributed by atoms with Crippen molar-refractivity contribution in [3.8, 4) is 5.75 Å². The summed E-state index contributed by atoms with van der Waals surface area (Å²) >= 11 is 0. The van der Waals surface area contributed by atoms with Gasteiger partial charge in [-0.3, -0.25) is 4.68 Å². The number of aromatic nitrogens is 2. The summed E-state index contributed by atoms with van der Waals surface area (Å²) in [4.78, 5) is 14.1.